The van der Waals surface area contributed by atoms with Gasteiger partial charge in [0.15, 0.2) is 12.2 Å². The fourth-order valence-corrected chi connectivity index (χ4v) is 3.05. The number of ether oxygens (including phenoxy) is 2. The zero-order valence-electron chi connectivity index (χ0n) is 17.0. The summed E-state index contributed by atoms with van der Waals surface area (Å²) in [6.07, 6.45) is 0. The van der Waals surface area contributed by atoms with Crippen LogP contribution in [0.15, 0.2) is 71.1 Å². The molecule has 31 heavy (non-hydrogen) atoms. The molecule has 156 valence electrons. The van der Waals surface area contributed by atoms with Crippen LogP contribution in [0.25, 0.3) is 22.6 Å². The molecule has 0 aliphatic heterocycles. The number of aryl methyl sites for hydroxylation is 1. The first-order valence-corrected chi connectivity index (χ1v) is 9.61. The number of para-hydroxylation sites is 1. The third-order valence-electron chi connectivity index (χ3n) is 4.68. The number of anilines is 1. The summed E-state index contributed by atoms with van der Waals surface area (Å²) >= 11 is 0. The Labute approximate surface area is 178 Å². The number of aromatic nitrogens is 1. The molecule has 0 aliphatic rings. The van der Waals surface area contributed by atoms with Crippen LogP contribution >= 0.6 is 0 Å². The average Bonchev–Trinajstić information content (AvgIpc) is 3.22. The van der Waals surface area contributed by atoms with Gasteiger partial charge < -0.3 is 19.2 Å². The average molecular weight is 416 g/mol. The summed E-state index contributed by atoms with van der Waals surface area (Å²) in [6.45, 7) is 1.84. The first-order chi connectivity index (χ1) is 15.0. The van der Waals surface area contributed by atoms with Gasteiger partial charge in [0.05, 0.1) is 12.7 Å². The van der Waals surface area contributed by atoms with Gasteiger partial charge in [-0.1, -0.05) is 18.2 Å². The normalized spacial score (nSPS) is 10.6. The molecule has 1 heterocycles. The van der Waals surface area contributed by atoms with E-state index in [9.17, 15) is 9.59 Å². The van der Waals surface area contributed by atoms with Crippen molar-refractivity contribution in [1.29, 1.82) is 0 Å². The molecule has 0 bridgehead atoms. The Morgan fingerprint density at radius 1 is 1.03 bits per heavy atom. The van der Waals surface area contributed by atoms with Crippen molar-refractivity contribution in [2.24, 2.45) is 0 Å². The fourth-order valence-electron chi connectivity index (χ4n) is 3.05. The molecule has 7 nitrogen and oxygen atoms in total. The van der Waals surface area contributed by atoms with E-state index >= 15 is 0 Å². The van der Waals surface area contributed by atoms with E-state index in [2.05, 4.69) is 10.3 Å². The molecule has 1 amide bonds. The lowest BCUT2D eigenvalue weighted by Gasteiger charge is -2.09. The number of carbonyl (C=O) groups is 2. The number of benzene rings is 3. The Hall–Kier alpha value is -4.13. The second kappa shape index (κ2) is 8.71. The van der Waals surface area contributed by atoms with Gasteiger partial charge in [0.1, 0.15) is 11.3 Å². The number of esters is 1. The lowest BCUT2D eigenvalue weighted by Crippen LogP contribution is -2.20. The summed E-state index contributed by atoms with van der Waals surface area (Å²) in [5.74, 6) is 0.400. The van der Waals surface area contributed by atoms with Gasteiger partial charge in [0, 0.05) is 11.3 Å². The summed E-state index contributed by atoms with van der Waals surface area (Å²) in [5.41, 5.74) is 3.86. The van der Waals surface area contributed by atoms with Crippen molar-refractivity contribution >= 4 is 28.7 Å². The highest BCUT2D eigenvalue weighted by Crippen LogP contribution is 2.26. The SMILES string of the molecule is COC(=O)c1ccc2nc(-c3ccc(NC(=O)COc4ccccc4C)cc3)oc2c1. The van der Waals surface area contributed by atoms with Crippen LogP contribution < -0.4 is 10.1 Å². The number of fused-ring (bicyclic) bond motifs is 1. The molecule has 0 atom stereocenters. The Morgan fingerprint density at radius 2 is 1.81 bits per heavy atom. The first kappa shape index (κ1) is 20.2. The molecule has 4 aromatic rings. The zero-order valence-corrected chi connectivity index (χ0v) is 17.0. The van der Waals surface area contributed by atoms with Gasteiger partial charge in [-0.05, 0) is 61.0 Å². The molecule has 0 saturated carbocycles. The lowest BCUT2D eigenvalue weighted by atomic mass is 10.2. The summed E-state index contributed by atoms with van der Waals surface area (Å²) in [4.78, 5) is 28.3. The quantitative estimate of drug-likeness (QED) is 0.462. The summed E-state index contributed by atoms with van der Waals surface area (Å²) in [7, 11) is 1.33. The predicted molar refractivity (Wildman–Crippen MR) is 116 cm³/mol. The number of amides is 1. The zero-order chi connectivity index (χ0) is 21.8. The molecule has 0 aliphatic carbocycles. The van der Waals surface area contributed by atoms with E-state index in [4.69, 9.17) is 13.9 Å². The molecule has 7 heteroatoms. The smallest absolute Gasteiger partial charge is 0.337 e. The van der Waals surface area contributed by atoms with Gasteiger partial charge in [-0.15, -0.1) is 0 Å². The molecule has 0 radical (unpaired) electrons. The Balaban J connectivity index is 1.42. The Bertz CT molecular complexity index is 1240. The van der Waals surface area contributed by atoms with Crippen LogP contribution in [0, 0.1) is 6.92 Å². The molecule has 3 aromatic carbocycles. The molecule has 0 fully saturated rings. The minimum absolute atomic E-state index is 0.0831. The molecule has 4 rings (SSSR count). The van der Waals surface area contributed by atoms with E-state index in [1.807, 2.05) is 31.2 Å². The van der Waals surface area contributed by atoms with E-state index < -0.39 is 5.97 Å². The van der Waals surface area contributed by atoms with E-state index in [-0.39, 0.29) is 12.5 Å². The van der Waals surface area contributed by atoms with Gasteiger partial charge in [-0.25, -0.2) is 9.78 Å². The standard InChI is InChI=1S/C24H20N2O5/c1-15-5-3-4-6-20(15)30-14-22(27)25-18-10-7-16(8-11-18)23-26-19-12-9-17(24(28)29-2)13-21(19)31-23/h3-13H,14H2,1-2H3,(H,25,27). The summed E-state index contributed by atoms with van der Waals surface area (Å²) < 4.78 is 16.1. The van der Waals surface area contributed by atoms with Crippen molar-refractivity contribution in [3.63, 3.8) is 0 Å². The highest BCUT2D eigenvalue weighted by Gasteiger charge is 2.12. The molecule has 1 N–H and O–H groups in total. The van der Waals surface area contributed by atoms with Crippen molar-refractivity contribution in [2.75, 3.05) is 19.0 Å². The maximum atomic E-state index is 12.2. The third-order valence-corrected chi connectivity index (χ3v) is 4.68. The van der Waals surface area contributed by atoms with E-state index in [1.54, 1.807) is 42.5 Å². The monoisotopic (exact) mass is 416 g/mol. The number of methoxy groups -OCH3 is 1. The van der Waals surface area contributed by atoms with Gasteiger partial charge in [-0.2, -0.15) is 0 Å². The van der Waals surface area contributed by atoms with E-state index in [0.29, 0.717) is 34.0 Å². The minimum Gasteiger partial charge on any atom is -0.483 e. The van der Waals surface area contributed by atoms with E-state index in [1.165, 1.54) is 7.11 Å². The van der Waals surface area contributed by atoms with Crippen LogP contribution in [0.2, 0.25) is 0 Å². The van der Waals surface area contributed by atoms with Gasteiger partial charge >= 0.3 is 5.97 Å². The largest absolute Gasteiger partial charge is 0.483 e. The topological polar surface area (TPSA) is 90.7 Å². The van der Waals surface area contributed by atoms with Crippen LogP contribution in [-0.2, 0) is 9.53 Å². The van der Waals surface area contributed by atoms with Crippen LogP contribution in [0.3, 0.4) is 0 Å². The second-order valence-electron chi connectivity index (χ2n) is 6.87. The number of nitrogens with zero attached hydrogens (tertiary/aromatic N) is 1. The fraction of sp³-hybridized carbons (Fsp3) is 0.125. The summed E-state index contributed by atoms with van der Waals surface area (Å²) in [5, 5.41) is 2.80. The van der Waals surface area contributed by atoms with Crippen molar-refractivity contribution in [2.45, 2.75) is 6.92 Å². The molecular formula is C24H20N2O5. The van der Waals surface area contributed by atoms with E-state index in [0.717, 1.165) is 11.1 Å². The maximum Gasteiger partial charge on any atom is 0.337 e. The summed E-state index contributed by atoms with van der Waals surface area (Å²) in [6, 6.07) is 19.6. The second-order valence-corrected chi connectivity index (χ2v) is 6.87. The molecule has 0 unspecified atom stereocenters. The van der Waals surface area contributed by atoms with Crippen molar-refractivity contribution in [3.05, 3.63) is 77.9 Å². The Morgan fingerprint density at radius 3 is 2.55 bits per heavy atom. The van der Waals surface area contributed by atoms with Crippen molar-refractivity contribution in [1.82, 2.24) is 4.98 Å². The minimum atomic E-state index is -0.439. The van der Waals surface area contributed by atoms with Gasteiger partial charge in [0.2, 0.25) is 5.89 Å². The van der Waals surface area contributed by atoms with Crippen LogP contribution in [0.4, 0.5) is 5.69 Å². The van der Waals surface area contributed by atoms with Crippen LogP contribution in [-0.4, -0.2) is 30.6 Å². The number of oxazole rings is 1. The highest BCUT2D eigenvalue weighted by atomic mass is 16.5. The van der Waals surface area contributed by atoms with Gasteiger partial charge in [-0.3, -0.25) is 4.79 Å². The number of carbonyl (C=O) groups excluding carboxylic acids is 2. The number of hydrogen-bond acceptors (Lipinski definition) is 6. The first-order valence-electron chi connectivity index (χ1n) is 9.61. The number of nitrogens with one attached hydrogen (secondary N) is 1. The number of rotatable bonds is 6. The van der Waals surface area contributed by atoms with Gasteiger partial charge in [0.25, 0.3) is 5.91 Å². The maximum absolute atomic E-state index is 12.2. The van der Waals surface area contributed by atoms with Crippen LogP contribution in [0.5, 0.6) is 5.75 Å². The predicted octanol–water partition coefficient (Wildman–Crippen LogP) is 4.61. The highest BCUT2D eigenvalue weighted by molar-refractivity contribution is 5.94. The van der Waals surface area contributed by atoms with Crippen LogP contribution in [0.1, 0.15) is 15.9 Å². The third kappa shape index (κ3) is 4.56. The Kier molecular flexibility index (Phi) is 5.66. The molecule has 0 spiro atoms. The molecule has 0 saturated heterocycles. The molecular weight excluding hydrogens is 396 g/mol. The molecule has 1 aromatic heterocycles. The number of hydrogen-bond donors (Lipinski definition) is 1. The lowest BCUT2D eigenvalue weighted by molar-refractivity contribution is -0.118. The van der Waals surface area contributed by atoms with Crippen molar-refractivity contribution < 1.29 is 23.5 Å². The van der Waals surface area contributed by atoms with Crippen molar-refractivity contribution in [3.8, 4) is 17.2 Å².